The lowest BCUT2D eigenvalue weighted by Gasteiger charge is -2.10. The van der Waals surface area contributed by atoms with Gasteiger partial charge in [-0.1, -0.05) is 6.07 Å². The summed E-state index contributed by atoms with van der Waals surface area (Å²) in [6.45, 7) is 2.75. The maximum Gasteiger partial charge on any atom is 0.221 e. The van der Waals surface area contributed by atoms with E-state index in [1.807, 2.05) is 29.6 Å². The van der Waals surface area contributed by atoms with Crippen LogP contribution in [0, 0.1) is 0 Å². The number of amides is 1. The fraction of sp³-hybridized carbons (Fsp3) is 0.200. The van der Waals surface area contributed by atoms with Crippen LogP contribution in [-0.2, 0) is 4.79 Å². The topological polar surface area (TPSA) is 89.0 Å². The van der Waals surface area contributed by atoms with Crippen molar-refractivity contribution in [3.05, 3.63) is 47.5 Å². The summed E-state index contributed by atoms with van der Waals surface area (Å²) in [7, 11) is 0. The third-order valence-corrected chi connectivity index (χ3v) is 5.76. The second-order valence-corrected chi connectivity index (χ2v) is 7.98. The maximum atomic E-state index is 11.2. The molecule has 0 unspecified atom stereocenters. The van der Waals surface area contributed by atoms with Gasteiger partial charge in [-0.15, -0.1) is 22.7 Å². The third kappa shape index (κ3) is 4.69. The van der Waals surface area contributed by atoms with Gasteiger partial charge in [0.05, 0.1) is 12.0 Å². The first-order valence-electron chi connectivity index (χ1n) is 9.07. The van der Waals surface area contributed by atoms with Crippen molar-refractivity contribution in [3.8, 4) is 16.3 Å². The van der Waals surface area contributed by atoms with Crippen LogP contribution < -0.4 is 15.4 Å². The first-order valence-corrected chi connectivity index (χ1v) is 10.8. The minimum atomic E-state index is -0.104. The molecule has 4 aromatic rings. The monoisotopic (exact) mass is 425 g/mol. The van der Waals surface area contributed by atoms with E-state index >= 15 is 0 Å². The standard InChI is InChI=1S/C20H19N5O2S2/c1-13(26)25-14-4-2-5-15(10-14)27-8-3-6-21-18-17-16(19-22-7-9-28-19)11-29-20(17)24-12-23-18/h2,4-5,7,9-12H,3,6,8H2,1H3,(H,25,26)(H,21,23,24). The van der Waals surface area contributed by atoms with Gasteiger partial charge in [0.2, 0.25) is 5.91 Å². The predicted molar refractivity (Wildman–Crippen MR) is 118 cm³/mol. The van der Waals surface area contributed by atoms with E-state index in [9.17, 15) is 4.79 Å². The predicted octanol–water partition coefficient (Wildman–Crippen LogP) is 4.65. The summed E-state index contributed by atoms with van der Waals surface area (Å²) >= 11 is 3.20. The Bertz CT molecular complexity index is 1110. The maximum absolute atomic E-state index is 11.2. The van der Waals surface area contributed by atoms with Crippen LogP contribution >= 0.6 is 22.7 Å². The normalized spacial score (nSPS) is 10.8. The zero-order valence-corrected chi connectivity index (χ0v) is 17.3. The number of thiazole rings is 1. The van der Waals surface area contributed by atoms with Crippen molar-refractivity contribution < 1.29 is 9.53 Å². The van der Waals surface area contributed by atoms with Crippen molar-refractivity contribution in [2.24, 2.45) is 0 Å². The van der Waals surface area contributed by atoms with Gasteiger partial charge < -0.3 is 15.4 Å². The van der Waals surface area contributed by atoms with E-state index in [-0.39, 0.29) is 5.91 Å². The number of fused-ring (bicyclic) bond motifs is 1. The summed E-state index contributed by atoms with van der Waals surface area (Å²) in [6, 6.07) is 7.37. The summed E-state index contributed by atoms with van der Waals surface area (Å²) in [4.78, 5) is 25.3. The second-order valence-electron chi connectivity index (χ2n) is 6.23. The Morgan fingerprint density at radius 2 is 2.14 bits per heavy atom. The number of carbonyl (C=O) groups excluding carboxylic acids is 1. The number of nitrogens with zero attached hydrogens (tertiary/aromatic N) is 3. The molecule has 0 aliphatic rings. The fourth-order valence-electron chi connectivity index (χ4n) is 2.86. The SMILES string of the molecule is CC(=O)Nc1cccc(OCCCNc2ncnc3scc(-c4nccs4)c23)c1. The van der Waals surface area contributed by atoms with E-state index in [1.165, 1.54) is 6.92 Å². The van der Waals surface area contributed by atoms with Gasteiger partial charge in [-0.25, -0.2) is 15.0 Å². The summed E-state index contributed by atoms with van der Waals surface area (Å²) in [5.74, 6) is 1.44. The van der Waals surface area contributed by atoms with Crippen molar-refractivity contribution >= 4 is 50.3 Å². The fourth-order valence-corrected chi connectivity index (χ4v) is 4.49. The molecule has 3 heterocycles. The van der Waals surface area contributed by atoms with Gasteiger partial charge in [0.25, 0.3) is 0 Å². The van der Waals surface area contributed by atoms with Crippen LogP contribution in [0.25, 0.3) is 20.8 Å². The van der Waals surface area contributed by atoms with Crippen LogP contribution in [0.1, 0.15) is 13.3 Å². The van der Waals surface area contributed by atoms with Crippen molar-refractivity contribution in [1.29, 1.82) is 0 Å². The lowest BCUT2D eigenvalue weighted by molar-refractivity contribution is -0.114. The van der Waals surface area contributed by atoms with Crippen LogP contribution in [0.4, 0.5) is 11.5 Å². The van der Waals surface area contributed by atoms with Crippen LogP contribution in [0.15, 0.2) is 47.5 Å². The number of carbonyl (C=O) groups is 1. The molecule has 0 saturated heterocycles. The van der Waals surface area contributed by atoms with Gasteiger partial charge >= 0.3 is 0 Å². The number of hydrogen-bond acceptors (Lipinski definition) is 8. The molecule has 3 aromatic heterocycles. The Morgan fingerprint density at radius 3 is 2.97 bits per heavy atom. The minimum Gasteiger partial charge on any atom is -0.493 e. The largest absolute Gasteiger partial charge is 0.493 e. The van der Waals surface area contributed by atoms with E-state index in [0.29, 0.717) is 13.2 Å². The molecule has 0 bridgehead atoms. The van der Waals surface area contributed by atoms with Crippen molar-refractivity contribution in [2.75, 3.05) is 23.8 Å². The molecule has 4 rings (SSSR count). The molecular formula is C20H19N5O2S2. The van der Waals surface area contributed by atoms with Crippen LogP contribution in [0.2, 0.25) is 0 Å². The number of rotatable bonds is 8. The number of thiophene rings is 1. The van der Waals surface area contributed by atoms with Gasteiger partial charge in [0, 0.05) is 47.7 Å². The molecular weight excluding hydrogens is 406 g/mol. The van der Waals surface area contributed by atoms with Crippen molar-refractivity contribution in [3.63, 3.8) is 0 Å². The smallest absolute Gasteiger partial charge is 0.221 e. The molecule has 0 aliphatic heterocycles. The first kappa shape index (κ1) is 19.3. The number of benzene rings is 1. The number of aromatic nitrogens is 3. The average molecular weight is 426 g/mol. The minimum absolute atomic E-state index is 0.104. The van der Waals surface area contributed by atoms with E-state index < -0.39 is 0 Å². The lowest BCUT2D eigenvalue weighted by Crippen LogP contribution is -2.09. The highest BCUT2D eigenvalue weighted by Crippen LogP contribution is 2.37. The van der Waals surface area contributed by atoms with Gasteiger partial charge in [0.1, 0.15) is 27.7 Å². The highest BCUT2D eigenvalue weighted by molar-refractivity contribution is 7.18. The van der Waals surface area contributed by atoms with E-state index in [0.717, 1.165) is 44.5 Å². The molecule has 1 aromatic carbocycles. The Hall–Kier alpha value is -3.04. The Balaban J connectivity index is 1.35. The average Bonchev–Trinajstić information content (AvgIpc) is 3.37. The first-order chi connectivity index (χ1) is 14.2. The van der Waals surface area contributed by atoms with Gasteiger partial charge in [-0.3, -0.25) is 4.79 Å². The van der Waals surface area contributed by atoms with Crippen LogP contribution in [0.3, 0.4) is 0 Å². The Labute approximate surface area is 175 Å². The molecule has 0 spiro atoms. The molecule has 0 saturated carbocycles. The molecule has 0 atom stereocenters. The highest BCUT2D eigenvalue weighted by Gasteiger charge is 2.14. The van der Waals surface area contributed by atoms with E-state index in [4.69, 9.17) is 4.74 Å². The molecule has 29 heavy (non-hydrogen) atoms. The molecule has 2 N–H and O–H groups in total. The Morgan fingerprint density at radius 1 is 1.21 bits per heavy atom. The van der Waals surface area contributed by atoms with Gasteiger partial charge in [0.15, 0.2) is 0 Å². The number of anilines is 2. The summed E-state index contributed by atoms with van der Waals surface area (Å²) in [6.07, 6.45) is 4.18. The van der Waals surface area contributed by atoms with E-state index in [2.05, 4.69) is 31.0 Å². The zero-order chi connectivity index (χ0) is 20.1. The number of nitrogens with one attached hydrogen (secondary N) is 2. The lowest BCUT2D eigenvalue weighted by atomic mass is 10.2. The quantitative estimate of drug-likeness (QED) is 0.399. The summed E-state index contributed by atoms with van der Waals surface area (Å²) in [5, 5.41) is 12.2. The summed E-state index contributed by atoms with van der Waals surface area (Å²) in [5.41, 5.74) is 1.79. The van der Waals surface area contributed by atoms with Gasteiger partial charge in [-0.2, -0.15) is 0 Å². The van der Waals surface area contributed by atoms with Crippen LogP contribution in [-0.4, -0.2) is 34.0 Å². The Kier molecular flexibility index (Phi) is 5.97. The molecule has 0 aliphatic carbocycles. The molecule has 0 radical (unpaired) electrons. The zero-order valence-electron chi connectivity index (χ0n) is 15.7. The molecule has 7 nitrogen and oxygen atoms in total. The van der Waals surface area contributed by atoms with Crippen molar-refractivity contribution in [1.82, 2.24) is 15.0 Å². The van der Waals surface area contributed by atoms with Gasteiger partial charge in [-0.05, 0) is 18.6 Å². The molecule has 0 fully saturated rings. The number of ether oxygens (including phenoxy) is 1. The molecule has 9 heteroatoms. The highest BCUT2D eigenvalue weighted by atomic mass is 32.1. The molecule has 148 valence electrons. The third-order valence-electron chi connectivity index (χ3n) is 4.07. The summed E-state index contributed by atoms with van der Waals surface area (Å²) < 4.78 is 5.79. The van der Waals surface area contributed by atoms with Crippen LogP contribution in [0.5, 0.6) is 5.75 Å². The second kappa shape index (κ2) is 8.97. The van der Waals surface area contributed by atoms with E-state index in [1.54, 1.807) is 35.2 Å². The molecule has 1 amide bonds. The van der Waals surface area contributed by atoms with Crippen molar-refractivity contribution in [2.45, 2.75) is 13.3 Å². The number of hydrogen-bond donors (Lipinski definition) is 2.